The van der Waals surface area contributed by atoms with Crippen molar-refractivity contribution in [3.05, 3.63) is 23.0 Å². The summed E-state index contributed by atoms with van der Waals surface area (Å²) < 4.78 is 4.79. The summed E-state index contributed by atoms with van der Waals surface area (Å²) >= 11 is 5.94. The Morgan fingerprint density at radius 1 is 1.56 bits per heavy atom. The predicted molar refractivity (Wildman–Crippen MR) is 71.2 cm³/mol. The first-order valence-corrected chi connectivity index (χ1v) is 6.51. The Morgan fingerprint density at radius 3 is 3.00 bits per heavy atom. The van der Waals surface area contributed by atoms with Crippen molar-refractivity contribution in [3.63, 3.8) is 0 Å². The highest BCUT2D eigenvalue weighted by molar-refractivity contribution is 6.29. The Hall–Kier alpha value is -1.29. The molecule has 5 heteroatoms. The first kappa shape index (κ1) is 13.1. The molecule has 0 spiro atoms. The van der Waals surface area contributed by atoms with Crippen molar-refractivity contribution in [3.8, 4) is 0 Å². The maximum atomic E-state index is 11.8. The maximum absolute atomic E-state index is 11.8. The summed E-state index contributed by atoms with van der Waals surface area (Å²) in [7, 11) is 1.38. The second-order valence-electron chi connectivity index (χ2n) is 4.55. The fourth-order valence-electron chi connectivity index (χ4n) is 2.38. The van der Waals surface area contributed by atoms with Gasteiger partial charge in [0.25, 0.3) is 0 Å². The van der Waals surface area contributed by atoms with Gasteiger partial charge in [0, 0.05) is 18.8 Å². The quantitative estimate of drug-likeness (QED) is 0.611. The molecule has 0 saturated carbocycles. The zero-order valence-electron chi connectivity index (χ0n) is 10.6. The molecule has 0 N–H and O–H groups in total. The highest BCUT2D eigenvalue weighted by Gasteiger charge is 2.24. The summed E-state index contributed by atoms with van der Waals surface area (Å²) in [5.74, 6) is -0.369. The van der Waals surface area contributed by atoms with E-state index in [0.717, 1.165) is 25.1 Å². The van der Waals surface area contributed by atoms with E-state index in [4.69, 9.17) is 16.3 Å². The van der Waals surface area contributed by atoms with E-state index in [-0.39, 0.29) is 5.97 Å². The van der Waals surface area contributed by atoms with E-state index < -0.39 is 0 Å². The van der Waals surface area contributed by atoms with Gasteiger partial charge in [-0.2, -0.15) is 0 Å². The van der Waals surface area contributed by atoms with Crippen LogP contribution in [0.1, 0.15) is 36.5 Å². The van der Waals surface area contributed by atoms with Crippen molar-refractivity contribution >= 4 is 23.3 Å². The lowest BCUT2D eigenvalue weighted by molar-refractivity contribution is 0.0601. The Kier molecular flexibility index (Phi) is 4.07. The van der Waals surface area contributed by atoms with Gasteiger partial charge in [-0.05, 0) is 32.3 Å². The zero-order chi connectivity index (χ0) is 13.1. The molecule has 1 saturated heterocycles. The van der Waals surface area contributed by atoms with Crippen molar-refractivity contribution < 1.29 is 9.53 Å². The summed E-state index contributed by atoms with van der Waals surface area (Å²) in [6.45, 7) is 3.10. The van der Waals surface area contributed by atoms with Crippen LogP contribution >= 0.6 is 11.6 Å². The van der Waals surface area contributed by atoms with Crippen LogP contribution in [-0.2, 0) is 4.74 Å². The van der Waals surface area contributed by atoms with Crippen molar-refractivity contribution in [1.82, 2.24) is 4.98 Å². The summed E-state index contributed by atoms with van der Waals surface area (Å²) in [6.07, 6.45) is 4.97. The summed E-state index contributed by atoms with van der Waals surface area (Å²) in [5, 5.41) is 0.399. The first-order chi connectivity index (χ1) is 8.63. The molecule has 1 aliphatic rings. The molecule has 1 aliphatic heterocycles. The number of aromatic nitrogens is 1. The molecule has 1 unspecified atom stereocenters. The zero-order valence-corrected chi connectivity index (χ0v) is 11.4. The molecule has 18 heavy (non-hydrogen) atoms. The molecular formula is C13H17ClN2O2. The fraction of sp³-hybridized carbons (Fsp3) is 0.538. The van der Waals surface area contributed by atoms with Gasteiger partial charge in [-0.3, -0.25) is 0 Å². The Labute approximate surface area is 112 Å². The highest BCUT2D eigenvalue weighted by Crippen LogP contribution is 2.29. The number of hydrogen-bond acceptors (Lipinski definition) is 4. The third-order valence-corrected chi connectivity index (χ3v) is 3.57. The number of halogens is 1. The van der Waals surface area contributed by atoms with Gasteiger partial charge in [0.05, 0.1) is 12.8 Å². The van der Waals surface area contributed by atoms with Crippen LogP contribution in [0.3, 0.4) is 0 Å². The van der Waals surface area contributed by atoms with Gasteiger partial charge >= 0.3 is 5.97 Å². The Morgan fingerprint density at radius 2 is 2.33 bits per heavy atom. The third kappa shape index (κ3) is 2.58. The molecule has 2 heterocycles. The number of rotatable bonds is 2. The molecule has 1 aromatic rings. The average Bonchev–Trinajstić information content (AvgIpc) is 2.38. The number of methoxy groups -OCH3 is 1. The largest absolute Gasteiger partial charge is 0.465 e. The molecule has 1 aromatic heterocycles. The SMILES string of the molecule is COC(=O)c1cnc(Cl)cc1N1CCCCC1C. The molecule has 0 radical (unpaired) electrons. The van der Waals surface area contributed by atoms with Gasteiger partial charge in [-0.25, -0.2) is 9.78 Å². The van der Waals surface area contributed by atoms with E-state index in [1.54, 1.807) is 6.07 Å². The summed E-state index contributed by atoms with van der Waals surface area (Å²) in [4.78, 5) is 17.9. The molecule has 4 nitrogen and oxygen atoms in total. The van der Waals surface area contributed by atoms with Crippen molar-refractivity contribution in [2.45, 2.75) is 32.2 Å². The van der Waals surface area contributed by atoms with Crippen molar-refractivity contribution in [1.29, 1.82) is 0 Å². The van der Waals surface area contributed by atoms with Gasteiger partial charge in [-0.15, -0.1) is 0 Å². The van der Waals surface area contributed by atoms with Gasteiger partial charge in [0.2, 0.25) is 0 Å². The standard InChI is InChI=1S/C13H17ClN2O2/c1-9-5-3-4-6-16(9)11-7-12(14)15-8-10(11)13(17)18-2/h7-9H,3-6H2,1-2H3. The minimum absolute atomic E-state index is 0.369. The second-order valence-corrected chi connectivity index (χ2v) is 4.94. The maximum Gasteiger partial charge on any atom is 0.341 e. The van der Waals surface area contributed by atoms with Gasteiger partial charge in [0.1, 0.15) is 10.7 Å². The topological polar surface area (TPSA) is 42.4 Å². The van der Waals surface area contributed by atoms with Crippen LogP contribution in [-0.4, -0.2) is 30.6 Å². The van der Waals surface area contributed by atoms with E-state index in [1.807, 2.05) is 0 Å². The van der Waals surface area contributed by atoms with E-state index in [2.05, 4.69) is 16.8 Å². The fourth-order valence-corrected chi connectivity index (χ4v) is 2.53. The van der Waals surface area contributed by atoms with E-state index in [0.29, 0.717) is 16.8 Å². The van der Waals surface area contributed by atoms with Crippen molar-refractivity contribution in [2.75, 3.05) is 18.6 Å². The monoisotopic (exact) mass is 268 g/mol. The Bertz CT molecular complexity index is 451. The first-order valence-electron chi connectivity index (χ1n) is 6.14. The van der Waals surface area contributed by atoms with E-state index in [1.165, 1.54) is 19.7 Å². The minimum Gasteiger partial charge on any atom is -0.465 e. The molecule has 0 amide bonds. The van der Waals surface area contributed by atoms with Gasteiger partial charge in [0.15, 0.2) is 0 Å². The lowest BCUT2D eigenvalue weighted by atomic mass is 10.0. The molecule has 0 aromatic carbocycles. The highest BCUT2D eigenvalue weighted by atomic mass is 35.5. The van der Waals surface area contributed by atoms with Crippen LogP contribution in [0.4, 0.5) is 5.69 Å². The van der Waals surface area contributed by atoms with Crippen LogP contribution in [0.2, 0.25) is 5.15 Å². The van der Waals surface area contributed by atoms with Gasteiger partial charge in [-0.1, -0.05) is 11.6 Å². The van der Waals surface area contributed by atoms with Gasteiger partial charge < -0.3 is 9.64 Å². The molecule has 2 rings (SSSR count). The number of esters is 1. The number of carbonyl (C=O) groups excluding carboxylic acids is 1. The number of pyridine rings is 1. The molecule has 98 valence electrons. The number of nitrogens with zero attached hydrogens (tertiary/aromatic N) is 2. The summed E-state index contributed by atoms with van der Waals surface area (Å²) in [6, 6.07) is 2.15. The Balaban J connectivity index is 2.40. The summed E-state index contributed by atoms with van der Waals surface area (Å²) in [5.41, 5.74) is 1.31. The van der Waals surface area contributed by atoms with Crippen LogP contribution in [0, 0.1) is 0 Å². The van der Waals surface area contributed by atoms with Crippen LogP contribution < -0.4 is 4.90 Å². The molecule has 0 aliphatic carbocycles. The number of ether oxygens (including phenoxy) is 1. The van der Waals surface area contributed by atoms with E-state index in [9.17, 15) is 4.79 Å². The number of anilines is 1. The second kappa shape index (κ2) is 5.57. The molecular weight excluding hydrogens is 252 g/mol. The minimum atomic E-state index is -0.369. The van der Waals surface area contributed by atoms with Crippen molar-refractivity contribution in [2.24, 2.45) is 0 Å². The normalized spacial score (nSPS) is 19.7. The smallest absolute Gasteiger partial charge is 0.341 e. The van der Waals surface area contributed by atoms with Crippen LogP contribution in [0.25, 0.3) is 0 Å². The number of piperidine rings is 1. The third-order valence-electron chi connectivity index (χ3n) is 3.37. The van der Waals surface area contributed by atoms with E-state index >= 15 is 0 Å². The molecule has 1 atom stereocenters. The average molecular weight is 269 g/mol. The molecule has 1 fully saturated rings. The number of hydrogen-bond donors (Lipinski definition) is 0. The number of carbonyl (C=O) groups is 1. The lowest BCUT2D eigenvalue weighted by Gasteiger charge is -2.36. The lowest BCUT2D eigenvalue weighted by Crippen LogP contribution is -2.38. The van der Waals surface area contributed by atoms with Crippen LogP contribution in [0.5, 0.6) is 0 Å². The molecule has 0 bridgehead atoms. The predicted octanol–water partition coefficient (Wildman–Crippen LogP) is 2.90. The van der Waals surface area contributed by atoms with Crippen LogP contribution in [0.15, 0.2) is 12.3 Å².